The zero-order valence-corrected chi connectivity index (χ0v) is 11.5. The average molecular weight is 270 g/mol. The Labute approximate surface area is 113 Å². The van der Waals surface area contributed by atoms with E-state index >= 15 is 0 Å². The third-order valence-electron chi connectivity index (χ3n) is 3.39. The summed E-state index contributed by atoms with van der Waals surface area (Å²) in [7, 11) is 0. The quantitative estimate of drug-likeness (QED) is 0.892. The number of hydrogen-bond acceptors (Lipinski definition) is 3. The summed E-state index contributed by atoms with van der Waals surface area (Å²) in [6.07, 6.45) is 2.42. The fraction of sp³-hybridized carbons (Fsp3) is 0.571. The number of aliphatic hydroxyl groups is 1. The molecule has 1 heterocycles. The molecule has 1 N–H and O–H groups in total. The van der Waals surface area contributed by atoms with Gasteiger partial charge in [-0.2, -0.15) is 0 Å². The highest BCUT2D eigenvalue weighted by atomic mass is 35.5. The van der Waals surface area contributed by atoms with Gasteiger partial charge in [-0.25, -0.2) is 0 Å². The fourth-order valence-corrected chi connectivity index (χ4v) is 2.73. The molecule has 1 aromatic rings. The monoisotopic (exact) mass is 269 g/mol. The molecule has 3 nitrogen and oxygen atoms in total. The van der Waals surface area contributed by atoms with Crippen molar-refractivity contribution >= 4 is 11.6 Å². The van der Waals surface area contributed by atoms with Gasteiger partial charge >= 0.3 is 0 Å². The summed E-state index contributed by atoms with van der Waals surface area (Å²) in [6, 6.07) is 5.85. The summed E-state index contributed by atoms with van der Waals surface area (Å²) >= 11 is 6.19. The first kappa shape index (κ1) is 13.7. The van der Waals surface area contributed by atoms with Gasteiger partial charge in [-0.05, 0) is 50.6 Å². The molecule has 1 atom stereocenters. The zero-order chi connectivity index (χ0) is 13.0. The smallest absolute Gasteiger partial charge is 0.137 e. The first-order chi connectivity index (χ1) is 8.76. The highest BCUT2D eigenvalue weighted by molar-refractivity contribution is 6.32. The van der Waals surface area contributed by atoms with E-state index in [1.54, 1.807) is 0 Å². The molecule has 1 saturated heterocycles. The van der Waals surface area contributed by atoms with Gasteiger partial charge in [0.2, 0.25) is 0 Å². The lowest BCUT2D eigenvalue weighted by Crippen LogP contribution is -2.28. The molecule has 1 unspecified atom stereocenters. The van der Waals surface area contributed by atoms with E-state index in [0.29, 0.717) is 17.4 Å². The van der Waals surface area contributed by atoms with Crippen LogP contribution in [0.5, 0.6) is 5.75 Å². The van der Waals surface area contributed by atoms with Gasteiger partial charge in [0.05, 0.1) is 24.3 Å². The molecule has 0 saturated carbocycles. The second-order valence-corrected chi connectivity index (χ2v) is 4.97. The van der Waals surface area contributed by atoms with Crippen LogP contribution < -0.4 is 4.74 Å². The molecule has 4 heteroatoms. The molecule has 1 aliphatic rings. The Morgan fingerprint density at radius 2 is 2.11 bits per heavy atom. The first-order valence-electron chi connectivity index (χ1n) is 6.53. The zero-order valence-electron chi connectivity index (χ0n) is 10.7. The van der Waals surface area contributed by atoms with Gasteiger partial charge in [0.1, 0.15) is 5.75 Å². The molecular weight excluding hydrogens is 250 g/mol. The average Bonchev–Trinajstić information content (AvgIpc) is 2.87. The number of likely N-dealkylation sites (tertiary alicyclic amines) is 1. The Kier molecular flexibility index (Phi) is 4.87. The lowest BCUT2D eigenvalue weighted by Gasteiger charge is -2.26. The van der Waals surface area contributed by atoms with Crippen molar-refractivity contribution < 1.29 is 9.84 Å². The van der Waals surface area contributed by atoms with Gasteiger partial charge in [-0.3, -0.25) is 4.90 Å². The van der Waals surface area contributed by atoms with Crippen LogP contribution >= 0.6 is 11.6 Å². The van der Waals surface area contributed by atoms with Crippen molar-refractivity contribution in [1.29, 1.82) is 0 Å². The van der Waals surface area contributed by atoms with Gasteiger partial charge < -0.3 is 9.84 Å². The van der Waals surface area contributed by atoms with Crippen molar-refractivity contribution in [2.75, 3.05) is 26.3 Å². The van der Waals surface area contributed by atoms with Crippen molar-refractivity contribution in [3.63, 3.8) is 0 Å². The highest BCUT2D eigenvalue weighted by Gasteiger charge is 2.23. The van der Waals surface area contributed by atoms with Crippen molar-refractivity contribution in [2.24, 2.45) is 0 Å². The van der Waals surface area contributed by atoms with Crippen LogP contribution in [0.25, 0.3) is 0 Å². The molecule has 2 rings (SSSR count). The second-order valence-electron chi connectivity index (χ2n) is 4.56. The largest absolute Gasteiger partial charge is 0.492 e. The van der Waals surface area contributed by atoms with Gasteiger partial charge in [0.15, 0.2) is 0 Å². The predicted molar refractivity (Wildman–Crippen MR) is 73.3 cm³/mol. The number of hydrogen-bond donors (Lipinski definition) is 1. The van der Waals surface area contributed by atoms with Crippen LogP contribution in [0.2, 0.25) is 5.02 Å². The normalized spacial score (nSPS) is 17.9. The van der Waals surface area contributed by atoms with E-state index in [1.165, 1.54) is 12.8 Å². The van der Waals surface area contributed by atoms with Crippen LogP contribution in [0.4, 0.5) is 0 Å². The van der Waals surface area contributed by atoms with E-state index in [0.717, 1.165) is 18.7 Å². The predicted octanol–water partition coefficient (Wildman–Crippen LogP) is 2.87. The van der Waals surface area contributed by atoms with Crippen molar-refractivity contribution in [1.82, 2.24) is 4.90 Å². The Bertz CT molecular complexity index is 391. The van der Waals surface area contributed by atoms with Crippen LogP contribution in [-0.4, -0.2) is 36.3 Å². The van der Waals surface area contributed by atoms with Crippen LogP contribution in [0.15, 0.2) is 18.2 Å². The van der Waals surface area contributed by atoms with Gasteiger partial charge in [-0.1, -0.05) is 17.7 Å². The molecule has 0 amide bonds. The van der Waals surface area contributed by atoms with Crippen molar-refractivity contribution in [3.8, 4) is 5.75 Å². The molecule has 1 aliphatic heterocycles. The maximum Gasteiger partial charge on any atom is 0.137 e. The van der Waals surface area contributed by atoms with Crippen LogP contribution in [0, 0.1) is 0 Å². The highest BCUT2D eigenvalue weighted by Crippen LogP contribution is 2.31. The number of benzene rings is 1. The van der Waals surface area contributed by atoms with Gasteiger partial charge in [-0.15, -0.1) is 0 Å². The van der Waals surface area contributed by atoms with E-state index in [9.17, 15) is 5.11 Å². The van der Waals surface area contributed by atoms with E-state index in [2.05, 4.69) is 4.90 Å². The van der Waals surface area contributed by atoms with Crippen molar-refractivity contribution in [3.05, 3.63) is 28.8 Å². The van der Waals surface area contributed by atoms with Crippen LogP contribution in [0.1, 0.15) is 31.4 Å². The molecule has 0 spiro atoms. The summed E-state index contributed by atoms with van der Waals surface area (Å²) in [5.74, 6) is 0.709. The number of rotatable bonds is 5. The molecule has 0 radical (unpaired) electrons. The first-order valence-corrected chi connectivity index (χ1v) is 6.91. The van der Waals surface area contributed by atoms with E-state index in [1.807, 2.05) is 25.1 Å². The summed E-state index contributed by atoms with van der Waals surface area (Å²) in [4.78, 5) is 2.31. The second kappa shape index (κ2) is 6.41. The minimum Gasteiger partial charge on any atom is -0.492 e. The lowest BCUT2D eigenvalue weighted by molar-refractivity contribution is 0.147. The van der Waals surface area contributed by atoms with Crippen molar-refractivity contribution in [2.45, 2.75) is 25.8 Å². The maximum absolute atomic E-state index is 9.59. The fourth-order valence-electron chi connectivity index (χ4n) is 2.48. The number of nitrogens with zero attached hydrogens (tertiary/aromatic N) is 1. The molecule has 0 aliphatic carbocycles. The Morgan fingerprint density at radius 3 is 2.67 bits per heavy atom. The van der Waals surface area contributed by atoms with Crippen LogP contribution in [0.3, 0.4) is 0 Å². The summed E-state index contributed by atoms with van der Waals surface area (Å²) in [6.45, 7) is 4.77. The van der Waals surface area contributed by atoms with E-state index in [-0.39, 0.29) is 12.6 Å². The minimum absolute atomic E-state index is 0.0562. The molecule has 1 aromatic carbocycles. The lowest BCUT2D eigenvalue weighted by atomic mass is 10.1. The minimum atomic E-state index is 0.0562. The summed E-state index contributed by atoms with van der Waals surface area (Å²) in [5, 5.41) is 10.2. The SMILES string of the molecule is CCOc1ccc(C(CO)N2CCCC2)cc1Cl. The number of ether oxygens (including phenoxy) is 1. The number of halogens is 1. The molecule has 18 heavy (non-hydrogen) atoms. The van der Waals surface area contributed by atoms with Gasteiger partial charge in [0.25, 0.3) is 0 Å². The molecule has 0 aromatic heterocycles. The summed E-state index contributed by atoms with van der Waals surface area (Å²) < 4.78 is 5.42. The number of aliphatic hydroxyl groups excluding tert-OH is 1. The Hall–Kier alpha value is -0.770. The topological polar surface area (TPSA) is 32.7 Å². The van der Waals surface area contributed by atoms with Crippen LogP contribution in [-0.2, 0) is 0 Å². The maximum atomic E-state index is 9.59. The Morgan fingerprint density at radius 1 is 1.39 bits per heavy atom. The molecule has 0 bridgehead atoms. The Balaban J connectivity index is 2.17. The van der Waals surface area contributed by atoms with E-state index in [4.69, 9.17) is 16.3 Å². The standard InChI is InChI=1S/C14H20ClNO2/c1-2-18-14-6-5-11(9-12(14)15)13(10-17)16-7-3-4-8-16/h5-6,9,13,17H,2-4,7-8,10H2,1H3. The molecule has 100 valence electrons. The van der Waals surface area contributed by atoms with Gasteiger partial charge in [0, 0.05) is 0 Å². The molecule has 1 fully saturated rings. The molecular formula is C14H20ClNO2. The summed E-state index contributed by atoms with van der Waals surface area (Å²) in [5.41, 5.74) is 1.06. The van der Waals surface area contributed by atoms with E-state index < -0.39 is 0 Å². The third-order valence-corrected chi connectivity index (χ3v) is 3.69. The third kappa shape index (κ3) is 2.97.